The first-order valence-electron chi connectivity index (χ1n) is 7.36. The fraction of sp³-hybridized carbons (Fsp3) is 0.333. The molecule has 0 spiro atoms. The number of hydrogen-bond acceptors (Lipinski definition) is 2. The van der Waals surface area contributed by atoms with Crippen LogP contribution in [-0.4, -0.2) is 0 Å². The molecule has 1 unspecified atom stereocenters. The normalized spacial score (nSPS) is 21.0. The van der Waals surface area contributed by atoms with Gasteiger partial charge in [-0.2, -0.15) is 0 Å². The van der Waals surface area contributed by atoms with E-state index in [4.69, 9.17) is 10.5 Å². The average Bonchev–Trinajstić information content (AvgIpc) is 2.48. The molecule has 0 bridgehead atoms. The lowest BCUT2D eigenvalue weighted by molar-refractivity contribution is 0.161. The predicted molar refractivity (Wildman–Crippen MR) is 81.8 cm³/mol. The third-order valence-electron chi connectivity index (χ3n) is 4.08. The summed E-state index contributed by atoms with van der Waals surface area (Å²) in [7, 11) is 0. The van der Waals surface area contributed by atoms with Gasteiger partial charge in [0.1, 0.15) is 17.7 Å². The summed E-state index contributed by atoms with van der Waals surface area (Å²) in [5, 5.41) is 0. The highest BCUT2D eigenvalue weighted by Crippen LogP contribution is 2.40. The van der Waals surface area contributed by atoms with Gasteiger partial charge >= 0.3 is 0 Å². The summed E-state index contributed by atoms with van der Waals surface area (Å²) in [6, 6.07) is 12.8. The minimum Gasteiger partial charge on any atom is -0.485 e. The third-order valence-corrected chi connectivity index (χ3v) is 4.08. The molecule has 0 aromatic heterocycles. The molecule has 110 valence electrons. The maximum Gasteiger partial charge on any atom is 0.126 e. The summed E-state index contributed by atoms with van der Waals surface area (Å²) in [5.41, 5.74) is 9.35. The minimum atomic E-state index is -0.271. The molecule has 0 saturated carbocycles. The van der Waals surface area contributed by atoms with Crippen molar-refractivity contribution in [3.05, 3.63) is 65.0 Å². The van der Waals surface area contributed by atoms with E-state index in [1.54, 1.807) is 6.07 Å². The molecule has 0 amide bonds. The second-order valence-electron chi connectivity index (χ2n) is 5.95. The Morgan fingerprint density at radius 1 is 1.14 bits per heavy atom. The summed E-state index contributed by atoms with van der Waals surface area (Å²) in [6.07, 6.45) is 0.594. The van der Waals surface area contributed by atoms with Gasteiger partial charge in [0.05, 0.1) is 0 Å². The molecular formula is C18H20FNO. The Labute approximate surface area is 124 Å². The van der Waals surface area contributed by atoms with Gasteiger partial charge in [-0.05, 0) is 35.2 Å². The van der Waals surface area contributed by atoms with Crippen LogP contribution in [0.5, 0.6) is 5.75 Å². The summed E-state index contributed by atoms with van der Waals surface area (Å²) in [6.45, 7) is 4.35. The number of benzene rings is 2. The van der Waals surface area contributed by atoms with Crippen molar-refractivity contribution in [2.24, 2.45) is 5.73 Å². The van der Waals surface area contributed by atoms with E-state index in [1.165, 1.54) is 17.7 Å². The summed E-state index contributed by atoms with van der Waals surface area (Å²) in [4.78, 5) is 0. The average molecular weight is 285 g/mol. The molecule has 1 aliphatic rings. The maximum absolute atomic E-state index is 13.3. The lowest BCUT2D eigenvalue weighted by Gasteiger charge is -2.30. The molecule has 1 aliphatic heterocycles. The Bertz CT molecular complexity index is 636. The number of halogens is 1. The quantitative estimate of drug-likeness (QED) is 0.883. The lowest BCUT2D eigenvalue weighted by Crippen LogP contribution is -2.24. The van der Waals surface area contributed by atoms with Crippen molar-refractivity contribution in [2.45, 2.75) is 38.3 Å². The molecule has 2 N–H and O–H groups in total. The first-order valence-corrected chi connectivity index (χ1v) is 7.36. The number of hydrogen-bond donors (Lipinski definition) is 1. The first-order chi connectivity index (χ1) is 10.0. The van der Waals surface area contributed by atoms with Crippen molar-refractivity contribution in [1.82, 2.24) is 0 Å². The largest absolute Gasteiger partial charge is 0.485 e. The maximum atomic E-state index is 13.3. The van der Waals surface area contributed by atoms with Crippen LogP contribution in [0.15, 0.2) is 42.5 Å². The van der Waals surface area contributed by atoms with Crippen LogP contribution in [0.25, 0.3) is 0 Å². The monoisotopic (exact) mass is 285 g/mol. The molecule has 0 saturated heterocycles. The molecule has 3 heteroatoms. The molecule has 1 heterocycles. The van der Waals surface area contributed by atoms with Crippen LogP contribution < -0.4 is 10.5 Å². The van der Waals surface area contributed by atoms with Crippen molar-refractivity contribution in [1.29, 1.82) is 0 Å². The minimum absolute atomic E-state index is 0.0702. The fourth-order valence-corrected chi connectivity index (χ4v) is 2.78. The second kappa shape index (κ2) is 5.49. The molecule has 2 aromatic carbocycles. The van der Waals surface area contributed by atoms with Crippen LogP contribution in [0.1, 0.15) is 55.0 Å². The molecule has 0 fully saturated rings. The Morgan fingerprint density at radius 3 is 2.52 bits per heavy atom. The van der Waals surface area contributed by atoms with Crippen molar-refractivity contribution < 1.29 is 9.13 Å². The molecule has 2 atom stereocenters. The fourth-order valence-electron chi connectivity index (χ4n) is 2.78. The molecule has 0 radical (unpaired) electrons. The predicted octanol–water partition coefficient (Wildman–Crippen LogP) is 4.47. The SMILES string of the molecule is CC(C)c1ccc(C2C[C@@H](N)c3cc(F)ccc3O2)cc1. The second-order valence-corrected chi connectivity index (χ2v) is 5.95. The smallest absolute Gasteiger partial charge is 0.126 e. The molecule has 3 rings (SSSR count). The van der Waals surface area contributed by atoms with E-state index >= 15 is 0 Å². The highest BCUT2D eigenvalue weighted by atomic mass is 19.1. The zero-order valence-electron chi connectivity index (χ0n) is 12.3. The lowest BCUT2D eigenvalue weighted by atomic mass is 9.92. The summed E-state index contributed by atoms with van der Waals surface area (Å²) in [5.74, 6) is 0.929. The van der Waals surface area contributed by atoms with Crippen LogP contribution in [0, 0.1) is 5.82 Å². The summed E-state index contributed by atoms with van der Waals surface area (Å²) < 4.78 is 19.3. The van der Waals surface area contributed by atoms with E-state index in [0.717, 1.165) is 11.1 Å². The Hall–Kier alpha value is -1.87. The van der Waals surface area contributed by atoms with Gasteiger partial charge in [0, 0.05) is 18.0 Å². The van der Waals surface area contributed by atoms with Crippen LogP contribution in [0.4, 0.5) is 4.39 Å². The Morgan fingerprint density at radius 2 is 1.86 bits per heavy atom. The molecular weight excluding hydrogens is 265 g/mol. The molecule has 2 nitrogen and oxygen atoms in total. The number of rotatable bonds is 2. The number of nitrogens with two attached hydrogens (primary N) is 1. The van der Waals surface area contributed by atoms with E-state index < -0.39 is 0 Å². The van der Waals surface area contributed by atoms with Gasteiger partial charge in [-0.15, -0.1) is 0 Å². The van der Waals surface area contributed by atoms with E-state index in [1.807, 2.05) is 0 Å². The van der Waals surface area contributed by atoms with Gasteiger partial charge in [0.2, 0.25) is 0 Å². The van der Waals surface area contributed by atoms with Crippen molar-refractivity contribution >= 4 is 0 Å². The Balaban J connectivity index is 1.86. The van der Waals surface area contributed by atoms with E-state index in [0.29, 0.717) is 18.1 Å². The molecule has 21 heavy (non-hydrogen) atoms. The number of ether oxygens (including phenoxy) is 1. The van der Waals surface area contributed by atoms with E-state index in [2.05, 4.69) is 38.1 Å². The van der Waals surface area contributed by atoms with Gasteiger partial charge < -0.3 is 10.5 Å². The van der Waals surface area contributed by atoms with Crippen molar-refractivity contribution in [3.8, 4) is 5.75 Å². The standard InChI is InChI=1S/C18H20FNO/c1-11(2)12-3-5-13(6-4-12)18-10-16(20)15-9-14(19)7-8-17(15)21-18/h3-9,11,16,18H,10,20H2,1-2H3/t16-,18?/m1/s1. The van der Waals surface area contributed by atoms with Gasteiger partial charge in [0.15, 0.2) is 0 Å². The van der Waals surface area contributed by atoms with Crippen LogP contribution >= 0.6 is 0 Å². The van der Waals surface area contributed by atoms with Gasteiger partial charge in [-0.1, -0.05) is 38.1 Å². The zero-order valence-corrected chi connectivity index (χ0v) is 12.3. The first kappa shape index (κ1) is 14.1. The van der Waals surface area contributed by atoms with E-state index in [-0.39, 0.29) is 18.0 Å². The number of fused-ring (bicyclic) bond motifs is 1. The van der Waals surface area contributed by atoms with Crippen LogP contribution in [0.2, 0.25) is 0 Å². The zero-order chi connectivity index (χ0) is 15.0. The van der Waals surface area contributed by atoms with Crippen LogP contribution in [-0.2, 0) is 0 Å². The van der Waals surface area contributed by atoms with Crippen molar-refractivity contribution in [3.63, 3.8) is 0 Å². The third kappa shape index (κ3) is 2.79. The highest BCUT2D eigenvalue weighted by molar-refractivity contribution is 5.40. The van der Waals surface area contributed by atoms with Gasteiger partial charge in [0.25, 0.3) is 0 Å². The molecule has 2 aromatic rings. The molecule has 0 aliphatic carbocycles. The Kier molecular flexibility index (Phi) is 3.68. The van der Waals surface area contributed by atoms with Crippen LogP contribution in [0.3, 0.4) is 0 Å². The highest BCUT2D eigenvalue weighted by Gasteiger charge is 2.27. The van der Waals surface area contributed by atoms with E-state index in [9.17, 15) is 4.39 Å². The van der Waals surface area contributed by atoms with Gasteiger partial charge in [-0.3, -0.25) is 0 Å². The topological polar surface area (TPSA) is 35.2 Å². The summed E-state index contributed by atoms with van der Waals surface area (Å²) >= 11 is 0. The van der Waals surface area contributed by atoms with Crippen molar-refractivity contribution in [2.75, 3.05) is 0 Å². The van der Waals surface area contributed by atoms with Gasteiger partial charge in [-0.25, -0.2) is 4.39 Å².